The average Bonchev–Trinajstić information content (AvgIpc) is 2.86. The van der Waals surface area contributed by atoms with Crippen molar-refractivity contribution in [2.45, 2.75) is 13.8 Å². The fourth-order valence-electron chi connectivity index (χ4n) is 1.93. The Kier molecular flexibility index (Phi) is 6.39. The van der Waals surface area contributed by atoms with E-state index in [9.17, 15) is 10.0 Å². The van der Waals surface area contributed by atoms with Crippen LogP contribution in [0.15, 0.2) is 35.5 Å². The molecule has 0 aliphatic heterocycles. The molecule has 0 fully saturated rings. The van der Waals surface area contributed by atoms with Crippen molar-refractivity contribution < 1.29 is 10.0 Å². The largest absolute Gasteiger partial charge is 0.360 e. The summed E-state index contributed by atoms with van der Waals surface area (Å²) >= 11 is 0. The first-order valence-electron chi connectivity index (χ1n) is 6.84. The smallest absolute Gasteiger partial charge is 0.282 e. The van der Waals surface area contributed by atoms with Gasteiger partial charge in [-0.25, -0.2) is 5.06 Å². The van der Waals surface area contributed by atoms with Crippen molar-refractivity contribution in [1.82, 2.24) is 15.4 Å². The first kappa shape index (κ1) is 18.0. The molecule has 1 amide bonds. The van der Waals surface area contributed by atoms with Crippen LogP contribution in [0.1, 0.15) is 24.2 Å². The van der Waals surface area contributed by atoms with Crippen LogP contribution in [0.2, 0.25) is 0 Å². The Bertz CT molecular complexity index is 664. The molecule has 2 aromatic rings. The van der Waals surface area contributed by atoms with Gasteiger partial charge in [-0.3, -0.25) is 10.0 Å². The lowest BCUT2D eigenvalue weighted by Crippen LogP contribution is -2.39. The molecule has 120 valence electrons. The van der Waals surface area contributed by atoms with E-state index in [4.69, 9.17) is 0 Å². The molecular weight excluding hydrogens is 304 g/mol. The van der Waals surface area contributed by atoms with Crippen molar-refractivity contribution in [1.29, 1.82) is 0 Å². The minimum Gasteiger partial charge on any atom is -0.360 e. The van der Waals surface area contributed by atoms with Gasteiger partial charge in [-0.1, -0.05) is 32.0 Å². The van der Waals surface area contributed by atoms with Gasteiger partial charge < -0.3 is 10.3 Å². The summed E-state index contributed by atoms with van der Waals surface area (Å²) in [5.41, 5.74) is 1.36. The van der Waals surface area contributed by atoms with Crippen LogP contribution in [0.5, 0.6) is 0 Å². The summed E-state index contributed by atoms with van der Waals surface area (Å²) < 4.78 is 0. The number of guanidine groups is 1. The maximum absolute atomic E-state index is 12.3. The predicted molar refractivity (Wildman–Crippen MR) is 89.7 cm³/mol. The van der Waals surface area contributed by atoms with Gasteiger partial charge in [-0.05, 0) is 12.0 Å². The lowest BCUT2D eigenvalue weighted by atomic mass is 10.2. The molecule has 0 aliphatic carbocycles. The molecule has 0 aliphatic rings. The number of hydroxylamine groups is 2. The Hall–Kier alpha value is -2.05. The third-order valence-corrected chi connectivity index (χ3v) is 3.00. The number of fused-ring (bicyclic) bond motifs is 1. The molecule has 0 unspecified atom stereocenters. The van der Waals surface area contributed by atoms with Gasteiger partial charge in [0, 0.05) is 30.7 Å². The molecule has 3 N–H and O–H groups in total. The van der Waals surface area contributed by atoms with E-state index in [1.807, 2.05) is 38.1 Å². The fourth-order valence-corrected chi connectivity index (χ4v) is 1.93. The number of nitrogens with zero attached hydrogens (tertiary/aromatic N) is 2. The highest BCUT2D eigenvalue weighted by molar-refractivity contribution is 6.10. The maximum Gasteiger partial charge on any atom is 0.282 e. The number of rotatable bonds is 3. The van der Waals surface area contributed by atoms with Crippen molar-refractivity contribution in [3.63, 3.8) is 0 Å². The number of hydrogen-bond acceptors (Lipinski definition) is 2. The number of para-hydroxylation sites is 1. The zero-order chi connectivity index (χ0) is 15.4. The summed E-state index contributed by atoms with van der Waals surface area (Å²) in [5.74, 6) is 0.108. The van der Waals surface area contributed by atoms with E-state index in [2.05, 4.69) is 15.3 Å². The number of amides is 1. The van der Waals surface area contributed by atoms with Gasteiger partial charge in [0.25, 0.3) is 5.91 Å². The van der Waals surface area contributed by atoms with Crippen LogP contribution in [-0.2, 0) is 0 Å². The average molecular weight is 325 g/mol. The number of H-pyrrole nitrogens is 1. The van der Waals surface area contributed by atoms with Crippen LogP contribution in [0.3, 0.4) is 0 Å². The number of aliphatic imine (C=N–C) groups is 1. The molecule has 0 saturated carbocycles. The first-order valence-corrected chi connectivity index (χ1v) is 6.84. The highest BCUT2D eigenvalue weighted by atomic mass is 35.5. The summed E-state index contributed by atoms with van der Waals surface area (Å²) in [6, 6.07) is 7.52. The monoisotopic (exact) mass is 324 g/mol. The van der Waals surface area contributed by atoms with Crippen LogP contribution < -0.4 is 5.32 Å². The van der Waals surface area contributed by atoms with Gasteiger partial charge in [0.1, 0.15) is 0 Å². The summed E-state index contributed by atoms with van der Waals surface area (Å²) in [6.45, 7) is 4.68. The Balaban J connectivity index is 0.00000242. The molecule has 6 nitrogen and oxygen atoms in total. The lowest BCUT2D eigenvalue weighted by Gasteiger charge is -2.16. The minimum atomic E-state index is -0.403. The molecule has 1 aromatic carbocycles. The number of halogens is 1. The van der Waals surface area contributed by atoms with Gasteiger partial charge in [0.15, 0.2) is 0 Å². The molecule has 0 atom stereocenters. The SMILES string of the molecule is CC(C)CNC(=NC(=O)c1c[nH]c2ccccc12)N(C)O.Cl. The number of benzene rings is 1. The summed E-state index contributed by atoms with van der Waals surface area (Å²) in [6.07, 6.45) is 1.63. The van der Waals surface area contributed by atoms with E-state index in [1.165, 1.54) is 7.05 Å². The van der Waals surface area contributed by atoms with E-state index in [0.29, 0.717) is 18.0 Å². The normalized spacial score (nSPS) is 11.4. The number of carbonyl (C=O) groups excluding carboxylic acids is 1. The molecule has 22 heavy (non-hydrogen) atoms. The van der Waals surface area contributed by atoms with E-state index >= 15 is 0 Å². The topological polar surface area (TPSA) is 80.7 Å². The van der Waals surface area contributed by atoms with Crippen LogP contribution in [0, 0.1) is 5.92 Å². The third kappa shape index (κ3) is 4.22. The Morgan fingerprint density at radius 3 is 2.73 bits per heavy atom. The predicted octanol–water partition coefficient (Wildman–Crippen LogP) is 2.65. The summed E-state index contributed by atoms with van der Waals surface area (Å²) in [5, 5.41) is 14.1. The van der Waals surface area contributed by atoms with Gasteiger partial charge in [0.2, 0.25) is 5.96 Å². The van der Waals surface area contributed by atoms with E-state index < -0.39 is 5.91 Å². The summed E-state index contributed by atoms with van der Waals surface area (Å²) in [7, 11) is 1.43. The van der Waals surface area contributed by atoms with Crippen molar-refractivity contribution in [3.05, 3.63) is 36.0 Å². The Labute approximate surface area is 135 Å². The lowest BCUT2D eigenvalue weighted by molar-refractivity contribution is 0.00866. The van der Waals surface area contributed by atoms with E-state index in [0.717, 1.165) is 16.0 Å². The van der Waals surface area contributed by atoms with Gasteiger partial charge >= 0.3 is 0 Å². The van der Waals surface area contributed by atoms with Crippen molar-refractivity contribution >= 4 is 35.2 Å². The first-order chi connectivity index (χ1) is 9.99. The quantitative estimate of drug-likeness (QED) is 0.460. The molecule has 0 bridgehead atoms. The standard InChI is InChI=1S/C15H20N4O2.ClH/c1-10(2)8-17-15(19(3)21)18-14(20)12-9-16-13-7-5-4-6-11(12)13;/h4-7,9-10,16,21H,8H2,1-3H3,(H,17,18,20);1H. The second-order valence-corrected chi connectivity index (χ2v) is 5.29. The molecule has 0 spiro atoms. The minimum absolute atomic E-state index is 0. The highest BCUT2D eigenvalue weighted by Crippen LogP contribution is 2.18. The van der Waals surface area contributed by atoms with Crippen molar-refractivity contribution in [2.24, 2.45) is 10.9 Å². The molecular formula is C15H21ClN4O2. The number of hydrogen-bond donors (Lipinski definition) is 3. The molecule has 1 heterocycles. The molecule has 0 saturated heterocycles. The number of nitrogens with one attached hydrogen (secondary N) is 2. The van der Waals surface area contributed by atoms with Crippen molar-refractivity contribution in [3.8, 4) is 0 Å². The number of aromatic nitrogens is 1. The van der Waals surface area contributed by atoms with Crippen LogP contribution in [-0.4, -0.2) is 40.7 Å². The van der Waals surface area contributed by atoms with Gasteiger partial charge in [-0.15, -0.1) is 12.4 Å². The number of carbonyl (C=O) groups is 1. The zero-order valence-corrected chi connectivity index (χ0v) is 13.6. The molecule has 1 aromatic heterocycles. The van der Waals surface area contributed by atoms with Gasteiger partial charge in [-0.2, -0.15) is 4.99 Å². The Morgan fingerprint density at radius 2 is 2.09 bits per heavy atom. The van der Waals surface area contributed by atoms with E-state index in [-0.39, 0.29) is 18.4 Å². The molecule has 0 radical (unpaired) electrons. The van der Waals surface area contributed by atoms with E-state index in [1.54, 1.807) is 6.20 Å². The maximum atomic E-state index is 12.3. The van der Waals surface area contributed by atoms with Crippen LogP contribution in [0.25, 0.3) is 10.9 Å². The molecule has 7 heteroatoms. The third-order valence-electron chi connectivity index (χ3n) is 3.00. The fraction of sp³-hybridized carbons (Fsp3) is 0.333. The highest BCUT2D eigenvalue weighted by Gasteiger charge is 2.13. The second-order valence-electron chi connectivity index (χ2n) is 5.29. The van der Waals surface area contributed by atoms with Crippen molar-refractivity contribution in [2.75, 3.05) is 13.6 Å². The Morgan fingerprint density at radius 1 is 1.41 bits per heavy atom. The zero-order valence-electron chi connectivity index (χ0n) is 12.8. The number of aromatic amines is 1. The van der Waals surface area contributed by atoms with Gasteiger partial charge in [0.05, 0.1) is 5.56 Å². The second kappa shape index (κ2) is 7.82. The molecule has 2 rings (SSSR count). The van der Waals surface area contributed by atoms with Crippen LogP contribution >= 0.6 is 12.4 Å². The summed E-state index contributed by atoms with van der Waals surface area (Å²) in [4.78, 5) is 19.3. The van der Waals surface area contributed by atoms with Crippen LogP contribution in [0.4, 0.5) is 0 Å².